The number of fused-ring (bicyclic) bond motifs is 1. The lowest BCUT2D eigenvalue weighted by atomic mass is 10.1. The zero-order valence-electron chi connectivity index (χ0n) is 11.3. The molecule has 0 spiro atoms. The Bertz CT molecular complexity index is 774. The van der Waals surface area contributed by atoms with E-state index in [9.17, 15) is 4.39 Å². The Morgan fingerprint density at radius 1 is 1.05 bits per heavy atom. The topological polar surface area (TPSA) is 24.9 Å². The molecule has 21 heavy (non-hydrogen) atoms. The molecule has 0 unspecified atom stereocenters. The summed E-state index contributed by atoms with van der Waals surface area (Å²) in [6.07, 6.45) is 2.42. The van der Waals surface area contributed by atoms with Crippen LogP contribution in [-0.4, -0.2) is 11.5 Å². The van der Waals surface area contributed by atoms with Gasteiger partial charge in [-0.3, -0.25) is 4.98 Å². The average Bonchev–Trinajstić information content (AvgIpc) is 2.50. The van der Waals surface area contributed by atoms with Crippen LogP contribution >= 0.6 is 11.6 Å². The van der Waals surface area contributed by atoms with E-state index in [1.807, 2.05) is 36.4 Å². The quantitative estimate of drug-likeness (QED) is 0.756. The van der Waals surface area contributed by atoms with E-state index in [1.165, 1.54) is 6.07 Å². The molecule has 0 amide bonds. The number of para-hydroxylation sites is 1. The highest BCUT2D eigenvalue weighted by molar-refractivity contribution is 6.31. The maximum absolute atomic E-state index is 13.7. The van der Waals surface area contributed by atoms with Crippen LogP contribution < -0.4 is 5.32 Å². The van der Waals surface area contributed by atoms with E-state index in [4.69, 9.17) is 11.6 Å². The standard InChI is InChI=1S/C17H14ClFN2/c18-14-6-2-1-4-12(14)8-10-20-16-9-11-21-17-13(16)5-3-7-15(17)19/h1-7,9,11H,8,10H2,(H,20,21). The number of rotatable bonds is 4. The fraction of sp³-hybridized carbons (Fsp3) is 0.118. The van der Waals surface area contributed by atoms with E-state index >= 15 is 0 Å². The van der Waals surface area contributed by atoms with Gasteiger partial charge in [-0.1, -0.05) is 41.9 Å². The van der Waals surface area contributed by atoms with Crippen LogP contribution in [0.25, 0.3) is 10.9 Å². The molecule has 2 nitrogen and oxygen atoms in total. The summed E-state index contributed by atoms with van der Waals surface area (Å²) in [5.74, 6) is -0.303. The maximum atomic E-state index is 13.7. The second-order valence-corrected chi connectivity index (χ2v) is 5.17. The lowest BCUT2D eigenvalue weighted by Gasteiger charge is -2.10. The van der Waals surface area contributed by atoms with Gasteiger partial charge in [0, 0.05) is 28.8 Å². The summed E-state index contributed by atoms with van der Waals surface area (Å²) >= 11 is 6.13. The van der Waals surface area contributed by atoms with Crippen molar-refractivity contribution in [2.24, 2.45) is 0 Å². The predicted octanol–water partition coefficient (Wildman–Crippen LogP) is 4.68. The van der Waals surface area contributed by atoms with E-state index in [0.717, 1.165) is 34.6 Å². The summed E-state index contributed by atoms with van der Waals surface area (Å²) in [7, 11) is 0. The lowest BCUT2D eigenvalue weighted by molar-refractivity contribution is 0.637. The van der Waals surface area contributed by atoms with Crippen LogP contribution in [0.15, 0.2) is 54.7 Å². The molecule has 0 aliphatic carbocycles. The van der Waals surface area contributed by atoms with Crippen molar-refractivity contribution in [1.29, 1.82) is 0 Å². The molecule has 1 N–H and O–H groups in total. The van der Waals surface area contributed by atoms with Crippen LogP contribution in [0, 0.1) is 5.82 Å². The second-order valence-electron chi connectivity index (χ2n) is 4.76. The monoisotopic (exact) mass is 300 g/mol. The number of anilines is 1. The molecular weight excluding hydrogens is 287 g/mol. The first-order chi connectivity index (χ1) is 10.3. The van der Waals surface area contributed by atoms with E-state index in [-0.39, 0.29) is 5.82 Å². The minimum atomic E-state index is -0.303. The van der Waals surface area contributed by atoms with Crippen molar-refractivity contribution >= 4 is 28.2 Å². The van der Waals surface area contributed by atoms with Crippen molar-refractivity contribution in [1.82, 2.24) is 4.98 Å². The molecule has 3 rings (SSSR count). The lowest BCUT2D eigenvalue weighted by Crippen LogP contribution is -2.06. The first-order valence-electron chi connectivity index (χ1n) is 6.76. The van der Waals surface area contributed by atoms with Crippen LogP contribution in [0.5, 0.6) is 0 Å². The zero-order chi connectivity index (χ0) is 14.7. The van der Waals surface area contributed by atoms with Crippen molar-refractivity contribution in [3.8, 4) is 0 Å². The van der Waals surface area contributed by atoms with Gasteiger partial charge in [0.25, 0.3) is 0 Å². The van der Waals surface area contributed by atoms with Crippen LogP contribution in [0.3, 0.4) is 0 Å². The molecule has 0 saturated carbocycles. The minimum absolute atomic E-state index is 0.303. The summed E-state index contributed by atoms with van der Waals surface area (Å²) in [5, 5.41) is 4.88. The molecule has 0 aliphatic heterocycles. The van der Waals surface area contributed by atoms with Gasteiger partial charge in [-0.25, -0.2) is 4.39 Å². The van der Waals surface area contributed by atoms with Gasteiger partial charge in [-0.15, -0.1) is 0 Å². The summed E-state index contributed by atoms with van der Waals surface area (Å²) in [4.78, 5) is 4.09. The van der Waals surface area contributed by atoms with E-state index in [0.29, 0.717) is 5.52 Å². The molecular formula is C17H14ClFN2. The highest BCUT2D eigenvalue weighted by Gasteiger charge is 2.06. The molecule has 0 fully saturated rings. The third kappa shape index (κ3) is 2.98. The number of hydrogen-bond acceptors (Lipinski definition) is 2. The Morgan fingerprint density at radius 3 is 2.76 bits per heavy atom. The minimum Gasteiger partial charge on any atom is -0.384 e. The van der Waals surface area contributed by atoms with Crippen molar-refractivity contribution in [2.75, 3.05) is 11.9 Å². The molecule has 106 valence electrons. The van der Waals surface area contributed by atoms with Crippen LogP contribution in [0.2, 0.25) is 5.02 Å². The van der Waals surface area contributed by atoms with Crippen LogP contribution in [0.1, 0.15) is 5.56 Å². The van der Waals surface area contributed by atoms with Gasteiger partial charge >= 0.3 is 0 Å². The fourth-order valence-electron chi connectivity index (χ4n) is 2.33. The number of aromatic nitrogens is 1. The van der Waals surface area contributed by atoms with Gasteiger partial charge < -0.3 is 5.32 Å². The van der Waals surface area contributed by atoms with E-state index < -0.39 is 0 Å². The first kappa shape index (κ1) is 13.8. The van der Waals surface area contributed by atoms with Gasteiger partial charge in [0.15, 0.2) is 0 Å². The van der Waals surface area contributed by atoms with Gasteiger partial charge in [0.1, 0.15) is 11.3 Å². The third-order valence-electron chi connectivity index (χ3n) is 3.39. The van der Waals surface area contributed by atoms with Crippen LogP contribution in [0.4, 0.5) is 10.1 Å². The Hall–Kier alpha value is -2.13. The Morgan fingerprint density at radius 2 is 1.90 bits per heavy atom. The van der Waals surface area contributed by atoms with Crippen molar-refractivity contribution in [2.45, 2.75) is 6.42 Å². The molecule has 1 aromatic heterocycles. The maximum Gasteiger partial charge on any atom is 0.149 e. The highest BCUT2D eigenvalue weighted by Crippen LogP contribution is 2.23. The Kier molecular flexibility index (Phi) is 4.02. The molecule has 0 radical (unpaired) electrons. The number of hydrogen-bond donors (Lipinski definition) is 1. The molecule has 3 aromatic rings. The van der Waals surface area contributed by atoms with E-state index in [2.05, 4.69) is 10.3 Å². The van der Waals surface area contributed by atoms with Crippen molar-refractivity contribution < 1.29 is 4.39 Å². The third-order valence-corrected chi connectivity index (χ3v) is 3.76. The highest BCUT2D eigenvalue weighted by atomic mass is 35.5. The Labute approximate surface area is 127 Å². The molecule has 0 atom stereocenters. The van der Waals surface area contributed by atoms with Gasteiger partial charge in [0.05, 0.1) is 0 Å². The number of nitrogens with zero attached hydrogens (tertiary/aromatic N) is 1. The van der Waals surface area contributed by atoms with Crippen LogP contribution in [-0.2, 0) is 6.42 Å². The smallest absolute Gasteiger partial charge is 0.149 e. The summed E-state index contributed by atoms with van der Waals surface area (Å²) in [6, 6.07) is 14.6. The number of pyridine rings is 1. The molecule has 0 bridgehead atoms. The number of halogens is 2. The molecule has 0 saturated heterocycles. The summed E-state index contributed by atoms with van der Waals surface area (Å²) in [5.41, 5.74) is 2.36. The molecule has 2 aromatic carbocycles. The van der Waals surface area contributed by atoms with Gasteiger partial charge in [-0.2, -0.15) is 0 Å². The van der Waals surface area contributed by atoms with Crippen molar-refractivity contribution in [3.05, 3.63) is 71.1 Å². The van der Waals surface area contributed by atoms with E-state index in [1.54, 1.807) is 12.3 Å². The summed E-state index contributed by atoms with van der Waals surface area (Å²) in [6.45, 7) is 0.722. The average molecular weight is 301 g/mol. The largest absolute Gasteiger partial charge is 0.384 e. The van der Waals surface area contributed by atoms with Gasteiger partial charge in [0.2, 0.25) is 0 Å². The predicted molar refractivity (Wildman–Crippen MR) is 85.3 cm³/mol. The summed E-state index contributed by atoms with van der Waals surface area (Å²) < 4.78 is 13.7. The number of benzene rings is 2. The van der Waals surface area contributed by atoms with Gasteiger partial charge in [-0.05, 0) is 30.2 Å². The second kappa shape index (κ2) is 6.10. The Balaban J connectivity index is 1.77. The number of nitrogens with one attached hydrogen (secondary N) is 1. The molecule has 4 heteroatoms. The van der Waals surface area contributed by atoms with Crippen molar-refractivity contribution in [3.63, 3.8) is 0 Å². The first-order valence-corrected chi connectivity index (χ1v) is 7.14. The fourth-order valence-corrected chi connectivity index (χ4v) is 2.56. The normalized spacial score (nSPS) is 10.8. The molecule has 0 aliphatic rings. The zero-order valence-corrected chi connectivity index (χ0v) is 12.1. The molecule has 1 heterocycles. The SMILES string of the molecule is Fc1cccc2c(NCCc3ccccc3Cl)ccnc12.